The third-order valence-corrected chi connectivity index (χ3v) is 2.92. The lowest BCUT2D eigenvalue weighted by Crippen LogP contribution is -2.14. The summed E-state index contributed by atoms with van der Waals surface area (Å²) in [7, 11) is 0. The maximum Gasteiger partial charge on any atom is 0.164 e. The number of hydrogen-bond donors (Lipinski definition) is 1. The third-order valence-electron chi connectivity index (χ3n) is 1.61. The molecule has 1 unspecified atom stereocenters. The number of ether oxygens (including phenoxy) is 1. The number of aliphatic hydroxyl groups excluding tert-OH is 1. The molecule has 1 atom stereocenters. The van der Waals surface area contributed by atoms with E-state index in [4.69, 9.17) is 16.3 Å². The fourth-order valence-corrected chi connectivity index (χ4v) is 1.81. The molecule has 2 nitrogen and oxygen atoms in total. The molecule has 1 aromatic rings. The number of aliphatic hydroxyl groups is 1. The molecule has 0 saturated carbocycles. The van der Waals surface area contributed by atoms with Crippen LogP contribution in [0.25, 0.3) is 0 Å². The van der Waals surface area contributed by atoms with Crippen LogP contribution in [0.2, 0.25) is 5.02 Å². The van der Waals surface area contributed by atoms with Gasteiger partial charge < -0.3 is 9.84 Å². The van der Waals surface area contributed by atoms with Crippen molar-refractivity contribution >= 4 is 23.4 Å². The maximum absolute atomic E-state index is 9.38. The Balaban J connectivity index is 2.30. The van der Waals surface area contributed by atoms with E-state index in [9.17, 15) is 5.11 Å². The summed E-state index contributed by atoms with van der Waals surface area (Å²) < 4.78 is 5.03. The summed E-state index contributed by atoms with van der Waals surface area (Å²) in [5.74, 6) is 0.496. The topological polar surface area (TPSA) is 29.5 Å². The predicted molar refractivity (Wildman–Crippen MR) is 64.3 cm³/mol. The Labute approximate surface area is 98.9 Å². The van der Waals surface area contributed by atoms with Crippen molar-refractivity contribution in [1.82, 2.24) is 0 Å². The van der Waals surface area contributed by atoms with E-state index >= 15 is 0 Å². The molecule has 0 aromatic heterocycles. The summed E-state index contributed by atoms with van der Waals surface area (Å²) in [4.78, 5) is 1.06. The summed E-state index contributed by atoms with van der Waals surface area (Å²) >= 11 is 7.27. The monoisotopic (exact) mass is 244 g/mol. The maximum atomic E-state index is 9.38. The van der Waals surface area contributed by atoms with Crippen LogP contribution < -0.4 is 0 Å². The molecule has 0 aliphatic heterocycles. The van der Waals surface area contributed by atoms with Crippen LogP contribution in [0.1, 0.15) is 0 Å². The van der Waals surface area contributed by atoms with Gasteiger partial charge in [-0.1, -0.05) is 17.7 Å². The first-order valence-electron chi connectivity index (χ1n) is 4.51. The first-order chi connectivity index (χ1) is 7.22. The van der Waals surface area contributed by atoms with Crippen LogP contribution in [-0.4, -0.2) is 23.8 Å². The van der Waals surface area contributed by atoms with Crippen LogP contribution in [0.15, 0.2) is 41.8 Å². The van der Waals surface area contributed by atoms with Crippen molar-refractivity contribution in [2.75, 3.05) is 12.4 Å². The van der Waals surface area contributed by atoms with E-state index in [-0.39, 0.29) is 0 Å². The summed E-state index contributed by atoms with van der Waals surface area (Å²) in [5, 5.41) is 10.1. The number of benzene rings is 1. The molecule has 1 N–H and O–H groups in total. The Morgan fingerprint density at radius 2 is 2.13 bits per heavy atom. The van der Waals surface area contributed by atoms with Crippen molar-refractivity contribution in [3.63, 3.8) is 0 Å². The smallest absolute Gasteiger partial charge is 0.164 e. The summed E-state index contributed by atoms with van der Waals surface area (Å²) in [5.41, 5.74) is 0. The van der Waals surface area contributed by atoms with Crippen LogP contribution in [0, 0.1) is 0 Å². The second kappa shape index (κ2) is 6.90. The lowest BCUT2D eigenvalue weighted by atomic mass is 10.4. The van der Waals surface area contributed by atoms with Crippen molar-refractivity contribution in [2.45, 2.75) is 11.2 Å². The zero-order chi connectivity index (χ0) is 11.1. The second-order valence-electron chi connectivity index (χ2n) is 2.84. The van der Waals surface area contributed by atoms with E-state index in [1.54, 1.807) is 6.08 Å². The van der Waals surface area contributed by atoms with Crippen LogP contribution in [0.4, 0.5) is 0 Å². The number of rotatable bonds is 6. The zero-order valence-corrected chi connectivity index (χ0v) is 9.80. The highest BCUT2D eigenvalue weighted by Gasteiger charge is 2.03. The SMILES string of the molecule is C=CCOC(O)CSc1ccc(Cl)cc1. The van der Waals surface area contributed by atoms with Gasteiger partial charge >= 0.3 is 0 Å². The van der Waals surface area contributed by atoms with Gasteiger partial charge in [0.05, 0.1) is 6.61 Å². The van der Waals surface area contributed by atoms with Crippen molar-refractivity contribution in [2.24, 2.45) is 0 Å². The predicted octanol–water partition coefficient (Wildman–Crippen LogP) is 2.95. The minimum absolute atomic E-state index is 0.363. The molecule has 1 rings (SSSR count). The molecule has 0 aliphatic rings. The average molecular weight is 245 g/mol. The quantitative estimate of drug-likeness (QED) is 0.474. The van der Waals surface area contributed by atoms with Gasteiger partial charge in [0, 0.05) is 15.7 Å². The van der Waals surface area contributed by atoms with Crippen molar-refractivity contribution < 1.29 is 9.84 Å². The van der Waals surface area contributed by atoms with Gasteiger partial charge in [-0.15, -0.1) is 18.3 Å². The van der Waals surface area contributed by atoms with Gasteiger partial charge in [0.15, 0.2) is 6.29 Å². The largest absolute Gasteiger partial charge is 0.367 e. The highest BCUT2D eigenvalue weighted by atomic mass is 35.5. The Hall–Kier alpha value is -0.480. The first kappa shape index (κ1) is 12.6. The minimum atomic E-state index is -0.760. The Kier molecular flexibility index (Phi) is 5.79. The van der Waals surface area contributed by atoms with E-state index in [0.717, 1.165) is 4.90 Å². The van der Waals surface area contributed by atoms with Crippen molar-refractivity contribution in [1.29, 1.82) is 0 Å². The number of thioether (sulfide) groups is 1. The zero-order valence-electron chi connectivity index (χ0n) is 8.23. The van der Waals surface area contributed by atoms with Gasteiger partial charge in [0.1, 0.15) is 0 Å². The molecule has 15 heavy (non-hydrogen) atoms. The van der Waals surface area contributed by atoms with Crippen LogP contribution in [0.5, 0.6) is 0 Å². The molecule has 0 saturated heterocycles. The third kappa shape index (κ3) is 5.23. The highest BCUT2D eigenvalue weighted by Crippen LogP contribution is 2.21. The van der Waals surface area contributed by atoms with Gasteiger partial charge in [0.25, 0.3) is 0 Å². The molecule has 0 heterocycles. The molecule has 0 radical (unpaired) electrons. The van der Waals surface area contributed by atoms with Crippen LogP contribution in [0.3, 0.4) is 0 Å². The van der Waals surface area contributed by atoms with Gasteiger partial charge in [-0.3, -0.25) is 0 Å². The molecule has 0 spiro atoms. The molecule has 0 amide bonds. The van der Waals surface area contributed by atoms with Gasteiger partial charge in [-0.25, -0.2) is 0 Å². The molecule has 0 fully saturated rings. The summed E-state index contributed by atoms with van der Waals surface area (Å²) in [6.45, 7) is 3.87. The standard InChI is InChI=1S/C11H13ClO2S/c1-2-7-14-11(13)8-15-10-5-3-9(12)4-6-10/h2-6,11,13H,1,7-8H2. The van der Waals surface area contributed by atoms with Crippen LogP contribution in [-0.2, 0) is 4.74 Å². The van der Waals surface area contributed by atoms with Gasteiger partial charge in [-0.05, 0) is 24.3 Å². The first-order valence-corrected chi connectivity index (χ1v) is 5.87. The molecular weight excluding hydrogens is 232 g/mol. The highest BCUT2D eigenvalue weighted by molar-refractivity contribution is 7.99. The Morgan fingerprint density at radius 3 is 2.73 bits per heavy atom. The number of hydrogen-bond acceptors (Lipinski definition) is 3. The van der Waals surface area contributed by atoms with Crippen molar-refractivity contribution in [3.05, 3.63) is 41.9 Å². The molecule has 0 bridgehead atoms. The summed E-state index contributed by atoms with van der Waals surface area (Å²) in [6, 6.07) is 7.46. The molecule has 1 aromatic carbocycles. The van der Waals surface area contributed by atoms with E-state index in [2.05, 4.69) is 6.58 Å². The molecular formula is C11H13ClO2S. The molecule has 82 valence electrons. The van der Waals surface area contributed by atoms with E-state index in [1.165, 1.54) is 11.8 Å². The fraction of sp³-hybridized carbons (Fsp3) is 0.273. The average Bonchev–Trinajstić information content (AvgIpc) is 2.25. The Bertz CT molecular complexity index is 300. The molecule has 0 aliphatic carbocycles. The lowest BCUT2D eigenvalue weighted by molar-refractivity contribution is -0.0703. The van der Waals surface area contributed by atoms with E-state index < -0.39 is 6.29 Å². The van der Waals surface area contributed by atoms with Gasteiger partial charge in [0.2, 0.25) is 0 Å². The van der Waals surface area contributed by atoms with E-state index in [1.807, 2.05) is 24.3 Å². The Morgan fingerprint density at radius 1 is 1.47 bits per heavy atom. The lowest BCUT2D eigenvalue weighted by Gasteiger charge is -2.09. The van der Waals surface area contributed by atoms with Gasteiger partial charge in [-0.2, -0.15) is 0 Å². The summed E-state index contributed by atoms with van der Waals surface area (Å²) in [6.07, 6.45) is 0.847. The number of halogens is 1. The second-order valence-corrected chi connectivity index (χ2v) is 4.37. The normalized spacial score (nSPS) is 12.4. The molecule has 4 heteroatoms. The minimum Gasteiger partial charge on any atom is -0.367 e. The van der Waals surface area contributed by atoms with E-state index in [0.29, 0.717) is 17.4 Å². The van der Waals surface area contributed by atoms with Crippen molar-refractivity contribution in [3.8, 4) is 0 Å². The van der Waals surface area contributed by atoms with Crippen LogP contribution >= 0.6 is 23.4 Å². The fourth-order valence-electron chi connectivity index (χ4n) is 0.926.